The van der Waals surface area contributed by atoms with E-state index in [1.807, 2.05) is 13.8 Å². The summed E-state index contributed by atoms with van der Waals surface area (Å²) in [6, 6.07) is 5.23. The summed E-state index contributed by atoms with van der Waals surface area (Å²) in [5, 5.41) is 3.49. The average Bonchev–Trinajstić information content (AvgIpc) is 2.99. The Labute approximate surface area is 129 Å². The number of ether oxygens (including phenoxy) is 2. The van der Waals surface area contributed by atoms with Crippen molar-refractivity contribution >= 4 is 22.8 Å². The zero-order valence-corrected chi connectivity index (χ0v) is 13.2. The minimum atomic E-state index is -0.175. The fraction of sp³-hybridized carbons (Fsp3) is 0.467. The first-order valence-corrected chi connectivity index (χ1v) is 8.11. The minimum absolute atomic E-state index is 0.175. The van der Waals surface area contributed by atoms with E-state index in [4.69, 9.17) is 9.47 Å². The van der Waals surface area contributed by atoms with E-state index in [1.165, 1.54) is 0 Å². The standard InChI is InChI=1S/C15H20N2O3S/c1-3-8-20-12-6-5-11(10-13(12)19-4-2)14(18)17-15-16-7-9-21-15/h5-6,10H,3-4,7-9H2,1-2H3,(H,16,17,18). The molecule has 0 spiro atoms. The van der Waals surface area contributed by atoms with Crippen molar-refractivity contribution in [3.05, 3.63) is 23.8 Å². The van der Waals surface area contributed by atoms with E-state index in [0.717, 1.165) is 18.7 Å². The van der Waals surface area contributed by atoms with Crippen molar-refractivity contribution in [2.45, 2.75) is 20.3 Å². The fourth-order valence-corrected chi connectivity index (χ4v) is 2.55. The van der Waals surface area contributed by atoms with E-state index in [-0.39, 0.29) is 5.91 Å². The largest absolute Gasteiger partial charge is 0.490 e. The minimum Gasteiger partial charge on any atom is -0.490 e. The van der Waals surface area contributed by atoms with Gasteiger partial charge in [-0.3, -0.25) is 9.79 Å². The monoisotopic (exact) mass is 308 g/mol. The predicted octanol–water partition coefficient (Wildman–Crippen LogP) is 2.71. The molecule has 5 nitrogen and oxygen atoms in total. The molecule has 0 atom stereocenters. The van der Waals surface area contributed by atoms with Crippen molar-refractivity contribution in [2.24, 2.45) is 4.99 Å². The molecule has 6 heteroatoms. The lowest BCUT2D eigenvalue weighted by molar-refractivity contribution is 0.0977. The molecule has 0 fully saturated rings. The molecule has 1 amide bonds. The first-order valence-electron chi connectivity index (χ1n) is 7.12. The number of carbonyl (C=O) groups is 1. The lowest BCUT2D eigenvalue weighted by Crippen LogP contribution is -2.27. The number of nitrogens with one attached hydrogen (secondary N) is 1. The van der Waals surface area contributed by atoms with Crippen molar-refractivity contribution in [3.63, 3.8) is 0 Å². The van der Waals surface area contributed by atoms with E-state index < -0.39 is 0 Å². The van der Waals surface area contributed by atoms with Crippen molar-refractivity contribution in [2.75, 3.05) is 25.5 Å². The van der Waals surface area contributed by atoms with Gasteiger partial charge in [0.2, 0.25) is 0 Å². The van der Waals surface area contributed by atoms with Crippen LogP contribution in [-0.4, -0.2) is 36.6 Å². The smallest absolute Gasteiger partial charge is 0.257 e. The van der Waals surface area contributed by atoms with E-state index >= 15 is 0 Å². The number of amidine groups is 1. The zero-order chi connectivity index (χ0) is 15.1. The maximum atomic E-state index is 12.2. The van der Waals surface area contributed by atoms with Gasteiger partial charge in [-0.1, -0.05) is 18.7 Å². The number of rotatable bonds is 6. The van der Waals surface area contributed by atoms with Gasteiger partial charge in [0.1, 0.15) is 0 Å². The lowest BCUT2D eigenvalue weighted by atomic mass is 10.2. The topological polar surface area (TPSA) is 59.9 Å². The van der Waals surface area contributed by atoms with E-state index in [9.17, 15) is 4.79 Å². The van der Waals surface area contributed by atoms with Gasteiger partial charge in [0.05, 0.1) is 19.8 Å². The second kappa shape index (κ2) is 7.93. The summed E-state index contributed by atoms with van der Waals surface area (Å²) >= 11 is 1.56. The van der Waals surface area contributed by atoms with Crippen LogP contribution in [0.2, 0.25) is 0 Å². The third kappa shape index (κ3) is 4.39. The first kappa shape index (κ1) is 15.7. The fourth-order valence-electron chi connectivity index (χ4n) is 1.83. The number of amides is 1. The molecule has 2 rings (SSSR count). The number of thioether (sulfide) groups is 1. The number of benzene rings is 1. The summed E-state index contributed by atoms with van der Waals surface area (Å²) in [6.07, 6.45) is 0.921. The average molecular weight is 308 g/mol. The second-order valence-electron chi connectivity index (χ2n) is 4.43. The van der Waals surface area contributed by atoms with Crippen LogP contribution in [-0.2, 0) is 0 Å². The summed E-state index contributed by atoms with van der Waals surface area (Å²) in [6.45, 7) is 5.85. The molecule has 0 unspecified atom stereocenters. The molecule has 1 N–H and O–H groups in total. The molecule has 0 aromatic heterocycles. The SMILES string of the molecule is CCCOc1ccc(C(=O)NC2=NCCS2)cc1OCC. The van der Waals surface area contributed by atoms with E-state index in [2.05, 4.69) is 10.3 Å². The Morgan fingerprint density at radius 1 is 1.33 bits per heavy atom. The first-order chi connectivity index (χ1) is 10.2. The molecule has 0 bridgehead atoms. The van der Waals surface area contributed by atoms with Crippen LogP contribution < -0.4 is 14.8 Å². The van der Waals surface area contributed by atoms with Gasteiger partial charge < -0.3 is 14.8 Å². The van der Waals surface area contributed by atoms with Gasteiger partial charge >= 0.3 is 0 Å². The maximum Gasteiger partial charge on any atom is 0.257 e. The molecule has 1 aliphatic heterocycles. The summed E-state index contributed by atoms with van der Waals surface area (Å²) in [5.41, 5.74) is 0.539. The number of hydrogen-bond donors (Lipinski definition) is 1. The third-order valence-electron chi connectivity index (χ3n) is 2.77. The third-order valence-corrected chi connectivity index (χ3v) is 3.66. The highest BCUT2D eigenvalue weighted by Crippen LogP contribution is 2.28. The molecule has 0 saturated carbocycles. The van der Waals surface area contributed by atoms with Crippen LogP contribution in [0.3, 0.4) is 0 Å². The molecular formula is C15H20N2O3S. The number of hydrogen-bond acceptors (Lipinski definition) is 5. The zero-order valence-electron chi connectivity index (χ0n) is 12.3. The van der Waals surface area contributed by atoms with Gasteiger partial charge in [-0.25, -0.2) is 0 Å². The van der Waals surface area contributed by atoms with Crippen molar-refractivity contribution in [3.8, 4) is 11.5 Å². The molecule has 21 heavy (non-hydrogen) atoms. The van der Waals surface area contributed by atoms with Gasteiger partial charge in [0.15, 0.2) is 16.7 Å². The van der Waals surface area contributed by atoms with Crippen LogP contribution in [0.15, 0.2) is 23.2 Å². The van der Waals surface area contributed by atoms with Gasteiger partial charge in [-0.2, -0.15) is 0 Å². The quantitative estimate of drug-likeness (QED) is 0.878. The number of carbonyl (C=O) groups excluding carboxylic acids is 1. The second-order valence-corrected chi connectivity index (χ2v) is 5.52. The number of aliphatic imine (C=N–C) groups is 1. The number of nitrogens with zero attached hydrogens (tertiary/aromatic N) is 1. The van der Waals surface area contributed by atoms with Gasteiger partial charge in [0, 0.05) is 11.3 Å². The molecule has 0 aliphatic carbocycles. The van der Waals surface area contributed by atoms with E-state index in [1.54, 1.807) is 30.0 Å². The summed E-state index contributed by atoms with van der Waals surface area (Å²) < 4.78 is 11.2. The molecular weight excluding hydrogens is 288 g/mol. The van der Waals surface area contributed by atoms with Gasteiger partial charge in [-0.15, -0.1) is 0 Å². The van der Waals surface area contributed by atoms with Gasteiger partial charge in [-0.05, 0) is 31.5 Å². The predicted molar refractivity (Wildman–Crippen MR) is 85.6 cm³/mol. The lowest BCUT2D eigenvalue weighted by Gasteiger charge is -2.13. The van der Waals surface area contributed by atoms with Crippen LogP contribution in [0.1, 0.15) is 30.6 Å². The normalized spacial score (nSPS) is 13.7. The van der Waals surface area contributed by atoms with E-state index in [0.29, 0.717) is 35.4 Å². The highest BCUT2D eigenvalue weighted by molar-refractivity contribution is 8.14. The van der Waals surface area contributed by atoms with Crippen LogP contribution >= 0.6 is 11.8 Å². The Morgan fingerprint density at radius 3 is 2.86 bits per heavy atom. The van der Waals surface area contributed by atoms with Crippen LogP contribution in [0.25, 0.3) is 0 Å². The van der Waals surface area contributed by atoms with Crippen molar-refractivity contribution in [1.29, 1.82) is 0 Å². The van der Waals surface area contributed by atoms with Crippen LogP contribution in [0, 0.1) is 0 Å². The van der Waals surface area contributed by atoms with Crippen LogP contribution in [0.5, 0.6) is 11.5 Å². The Bertz CT molecular complexity index is 532. The summed E-state index contributed by atoms with van der Waals surface area (Å²) in [5.74, 6) is 2.01. The highest BCUT2D eigenvalue weighted by Gasteiger charge is 2.15. The Hall–Kier alpha value is -1.69. The highest BCUT2D eigenvalue weighted by atomic mass is 32.2. The molecule has 1 heterocycles. The molecule has 1 aliphatic rings. The molecule has 0 radical (unpaired) electrons. The van der Waals surface area contributed by atoms with Crippen LogP contribution in [0.4, 0.5) is 0 Å². The van der Waals surface area contributed by atoms with Gasteiger partial charge in [0.25, 0.3) is 5.91 Å². The van der Waals surface area contributed by atoms with Crippen molar-refractivity contribution < 1.29 is 14.3 Å². The Kier molecular flexibility index (Phi) is 5.92. The molecule has 1 aromatic rings. The molecule has 0 saturated heterocycles. The van der Waals surface area contributed by atoms with Crippen molar-refractivity contribution in [1.82, 2.24) is 5.32 Å². The summed E-state index contributed by atoms with van der Waals surface area (Å²) in [4.78, 5) is 16.4. The Morgan fingerprint density at radius 2 is 2.19 bits per heavy atom. The Balaban J connectivity index is 2.11. The maximum absolute atomic E-state index is 12.2. The molecule has 114 valence electrons. The molecule has 1 aromatic carbocycles. The summed E-state index contributed by atoms with van der Waals surface area (Å²) in [7, 11) is 0.